The number of carbonyl (C=O) groups is 1. The van der Waals surface area contributed by atoms with Gasteiger partial charge in [-0.3, -0.25) is 4.79 Å². The molecule has 4 heteroatoms. The molecule has 0 radical (unpaired) electrons. The number of piperidine rings is 1. The zero-order valence-electron chi connectivity index (χ0n) is 8.97. The van der Waals surface area contributed by atoms with Crippen LogP contribution in [-0.2, 0) is 4.79 Å². The van der Waals surface area contributed by atoms with Gasteiger partial charge in [-0.15, -0.1) is 0 Å². The summed E-state index contributed by atoms with van der Waals surface area (Å²) in [6, 6.07) is 2.04. The van der Waals surface area contributed by atoms with E-state index < -0.39 is 0 Å². The summed E-state index contributed by atoms with van der Waals surface area (Å²) < 4.78 is 0. The van der Waals surface area contributed by atoms with E-state index in [0.717, 1.165) is 18.9 Å². The molecule has 0 atom stereocenters. The Morgan fingerprint density at radius 1 is 1.47 bits per heavy atom. The predicted molar refractivity (Wildman–Crippen MR) is 59.9 cm³/mol. The van der Waals surface area contributed by atoms with Gasteiger partial charge >= 0.3 is 0 Å². The topological polar surface area (TPSA) is 56.9 Å². The number of aromatic nitrogens is 1. The maximum absolute atomic E-state index is 10.9. The lowest BCUT2D eigenvalue weighted by atomic mass is 9.92. The van der Waals surface area contributed by atoms with Crippen LogP contribution in [0.1, 0.15) is 31.2 Å². The third-order valence-corrected chi connectivity index (χ3v) is 2.83. The Labute approximate surface area is 89.5 Å². The van der Waals surface area contributed by atoms with Gasteiger partial charge in [-0.2, -0.15) is 0 Å². The molecule has 1 aromatic rings. The predicted octanol–water partition coefficient (Wildman–Crippen LogP) is 1.44. The summed E-state index contributed by atoms with van der Waals surface area (Å²) in [5, 5.41) is 6.10. The van der Waals surface area contributed by atoms with Gasteiger partial charge in [-0.05, 0) is 43.5 Å². The molecule has 82 valence electrons. The van der Waals surface area contributed by atoms with Gasteiger partial charge in [-0.1, -0.05) is 0 Å². The van der Waals surface area contributed by atoms with Crippen LogP contribution in [0.4, 0.5) is 5.82 Å². The standard InChI is InChI=1S/C11H17N3O/c1-8(15)14-11-6-10(7-13-11)9-2-4-12-5-3-9/h6-7,9,12-13H,2-5H2,1H3,(H,14,15). The highest BCUT2D eigenvalue weighted by molar-refractivity contribution is 5.87. The van der Waals surface area contributed by atoms with Crippen LogP contribution in [0.5, 0.6) is 0 Å². The lowest BCUT2D eigenvalue weighted by molar-refractivity contribution is -0.114. The molecule has 3 N–H and O–H groups in total. The van der Waals surface area contributed by atoms with Crippen molar-refractivity contribution in [1.82, 2.24) is 10.3 Å². The number of aromatic amines is 1. The Morgan fingerprint density at radius 3 is 2.87 bits per heavy atom. The number of rotatable bonds is 2. The Bertz CT molecular complexity index is 339. The Morgan fingerprint density at radius 2 is 2.20 bits per heavy atom. The van der Waals surface area contributed by atoms with Gasteiger partial charge in [0.15, 0.2) is 0 Å². The van der Waals surface area contributed by atoms with E-state index in [1.165, 1.54) is 25.3 Å². The molecule has 1 amide bonds. The van der Waals surface area contributed by atoms with Gasteiger partial charge in [0.2, 0.25) is 5.91 Å². The van der Waals surface area contributed by atoms with E-state index in [9.17, 15) is 4.79 Å². The summed E-state index contributed by atoms with van der Waals surface area (Å²) in [6.07, 6.45) is 4.36. The largest absolute Gasteiger partial charge is 0.348 e. The van der Waals surface area contributed by atoms with Crippen molar-refractivity contribution < 1.29 is 4.79 Å². The highest BCUT2D eigenvalue weighted by atomic mass is 16.1. The molecule has 1 fully saturated rings. The number of amides is 1. The second-order valence-corrected chi connectivity index (χ2v) is 4.05. The van der Waals surface area contributed by atoms with E-state index in [1.807, 2.05) is 12.3 Å². The number of anilines is 1. The first kappa shape index (κ1) is 10.2. The van der Waals surface area contributed by atoms with Crippen LogP contribution in [0.2, 0.25) is 0 Å². The van der Waals surface area contributed by atoms with Crippen LogP contribution in [0, 0.1) is 0 Å². The first-order valence-corrected chi connectivity index (χ1v) is 5.42. The van der Waals surface area contributed by atoms with E-state index in [-0.39, 0.29) is 5.91 Å². The minimum Gasteiger partial charge on any atom is -0.348 e. The maximum atomic E-state index is 10.9. The number of H-pyrrole nitrogens is 1. The summed E-state index contributed by atoms with van der Waals surface area (Å²) in [4.78, 5) is 13.9. The fraction of sp³-hybridized carbons (Fsp3) is 0.545. The normalized spacial score (nSPS) is 17.7. The SMILES string of the molecule is CC(=O)Nc1cc(C2CCNCC2)c[nH]1. The molecule has 2 heterocycles. The molecule has 1 aliphatic heterocycles. The third-order valence-electron chi connectivity index (χ3n) is 2.83. The Kier molecular flexibility index (Phi) is 3.06. The summed E-state index contributed by atoms with van der Waals surface area (Å²) in [7, 11) is 0. The van der Waals surface area contributed by atoms with E-state index in [2.05, 4.69) is 15.6 Å². The van der Waals surface area contributed by atoms with Gasteiger partial charge in [0, 0.05) is 13.1 Å². The molecule has 0 spiro atoms. The van der Waals surface area contributed by atoms with Crippen LogP contribution in [-0.4, -0.2) is 24.0 Å². The van der Waals surface area contributed by atoms with Crippen molar-refractivity contribution in [2.75, 3.05) is 18.4 Å². The first-order valence-electron chi connectivity index (χ1n) is 5.42. The van der Waals surface area contributed by atoms with Crippen molar-refractivity contribution in [3.8, 4) is 0 Å². The lowest BCUT2D eigenvalue weighted by Gasteiger charge is -2.21. The number of hydrogen-bond acceptors (Lipinski definition) is 2. The van der Waals surface area contributed by atoms with Crippen LogP contribution in [0.25, 0.3) is 0 Å². The highest BCUT2D eigenvalue weighted by Crippen LogP contribution is 2.26. The van der Waals surface area contributed by atoms with Crippen molar-refractivity contribution in [2.24, 2.45) is 0 Å². The maximum Gasteiger partial charge on any atom is 0.222 e. The molecule has 1 saturated heterocycles. The van der Waals surface area contributed by atoms with Gasteiger partial charge in [-0.25, -0.2) is 0 Å². The minimum absolute atomic E-state index is 0.0336. The van der Waals surface area contributed by atoms with E-state index in [0.29, 0.717) is 5.92 Å². The fourth-order valence-corrected chi connectivity index (χ4v) is 2.06. The molecule has 15 heavy (non-hydrogen) atoms. The van der Waals surface area contributed by atoms with E-state index in [4.69, 9.17) is 0 Å². The van der Waals surface area contributed by atoms with E-state index >= 15 is 0 Å². The molecule has 0 aromatic carbocycles. The Hall–Kier alpha value is -1.29. The minimum atomic E-state index is -0.0336. The van der Waals surface area contributed by atoms with Crippen LogP contribution in [0.3, 0.4) is 0 Å². The van der Waals surface area contributed by atoms with Gasteiger partial charge < -0.3 is 15.6 Å². The number of carbonyl (C=O) groups excluding carboxylic acids is 1. The molecular weight excluding hydrogens is 190 g/mol. The monoisotopic (exact) mass is 207 g/mol. The van der Waals surface area contributed by atoms with Crippen molar-refractivity contribution >= 4 is 11.7 Å². The fourth-order valence-electron chi connectivity index (χ4n) is 2.06. The van der Waals surface area contributed by atoms with Crippen LogP contribution >= 0.6 is 0 Å². The van der Waals surface area contributed by atoms with Crippen LogP contribution in [0.15, 0.2) is 12.3 Å². The van der Waals surface area contributed by atoms with Gasteiger partial charge in [0.1, 0.15) is 5.82 Å². The molecule has 0 saturated carbocycles. The highest BCUT2D eigenvalue weighted by Gasteiger charge is 2.16. The number of hydrogen-bond donors (Lipinski definition) is 3. The molecular formula is C11H17N3O. The molecule has 0 unspecified atom stereocenters. The van der Waals surface area contributed by atoms with Gasteiger partial charge in [0.25, 0.3) is 0 Å². The summed E-state index contributed by atoms with van der Waals surface area (Å²) in [5.74, 6) is 1.40. The zero-order valence-corrected chi connectivity index (χ0v) is 8.97. The average molecular weight is 207 g/mol. The molecule has 2 rings (SSSR count). The summed E-state index contributed by atoms with van der Waals surface area (Å²) in [5.41, 5.74) is 1.31. The Balaban J connectivity index is 2.02. The van der Waals surface area contributed by atoms with E-state index in [1.54, 1.807) is 0 Å². The van der Waals surface area contributed by atoms with Crippen molar-refractivity contribution in [3.63, 3.8) is 0 Å². The van der Waals surface area contributed by atoms with Crippen molar-refractivity contribution in [1.29, 1.82) is 0 Å². The summed E-state index contributed by atoms with van der Waals surface area (Å²) >= 11 is 0. The second-order valence-electron chi connectivity index (χ2n) is 4.05. The average Bonchev–Trinajstić information content (AvgIpc) is 2.67. The molecule has 1 aromatic heterocycles. The smallest absolute Gasteiger partial charge is 0.222 e. The van der Waals surface area contributed by atoms with Crippen molar-refractivity contribution in [2.45, 2.75) is 25.7 Å². The molecule has 0 bridgehead atoms. The first-order chi connectivity index (χ1) is 7.25. The third kappa shape index (κ3) is 2.59. The van der Waals surface area contributed by atoms with Crippen LogP contribution < -0.4 is 10.6 Å². The zero-order chi connectivity index (χ0) is 10.7. The number of nitrogens with one attached hydrogen (secondary N) is 3. The molecule has 0 aliphatic carbocycles. The summed E-state index contributed by atoms with van der Waals surface area (Å²) in [6.45, 7) is 3.70. The molecule has 1 aliphatic rings. The van der Waals surface area contributed by atoms with Gasteiger partial charge in [0.05, 0.1) is 0 Å². The van der Waals surface area contributed by atoms with Crippen molar-refractivity contribution in [3.05, 3.63) is 17.8 Å². The lowest BCUT2D eigenvalue weighted by Crippen LogP contribution is -2.26. The second kappa shape index (κ2) is 4.49. The quantitative estimate of drug-likeness (QED) is 0.687. The molecule has 4 nitrogen and oxygen atoms in total.